The summed E-state index contributed by atoms with van der Waals surface area (Å²) in [6.45, 7) is 2.32. The lowest BCUT2D eigenvalue weighted by atomic mass is 10.1. The van der Waals surface area contributed by atoms with Crippen LogP contribution in [-0.4, -0.2) is 38.8 Å². The molecule has 0 atom stereocenters. The maximum Gasteiger partial charge on any atom is 0.136 e. The predicted octanol–water partition coefficient (Wildman–Crippen LogP) is 3.45. The third-order valence-corrected chi connectivity index (χ3v) is 5.40. The van der Waals surface area contributed by atoms with Gasteiger partial charge in [-0.15, -0.1) is 12.4 Å². The van der Waals surface area contributed by atoms with Crippen molar-refractivity contribution < 1.29 is 9.15 Å². The highest BCUT2D eigenvalue weighted by Gasteiger charge is 2.17. The smallest absolute Gasteiger partial charge is 0.136 e. The number of halogens is 1. The molecule has 1 aliphatic carbocycles. The van der Waals surface area contributed by atoms with Gasteiger partial charge >= 0.3 is 0 Å². The first-order chi connectivity index (χ1) is 12.2. The van der Waals surface area contributed by atoms with Gasteiger partial charge in [-0.3, -0.25) is 0 Å². The van der Waals surface area contributed by atoms with Gasteiger partial charge in [-0.1, -0.05) is 48.2 Å². The standard InChI is InChI=1S/C21H21NO2S.ClH/c1-22(2)12-13-23-14-16-11-10-15-6-5-9-19-20(21(15)25-16)17-7-3-4-8-18(17)24-19;/h3-11H,12-14H2,1-2H3;1H. The number of fused-ring (bicyclic) bond motifs is 4. The van der Waals surface area contributed by atoms with Crippen LogP contribution in [0.4, 0.5) is 0 Å². The number of allylic oxidation sites excluding steroid dienone is 4. The molecule has 0 fully saturated rings. The van der Waals surface area contributed by atoms with Gasteiger partial charge in [0, 0.05) is 27.0 Å². The zero-order valence-electron chi connectivity index (χ0n) is 14.9. The van der Waals surface area contributed by atoms with Gasteiger partial charge < -0.3 is 14.1 Å². The van der Waals surface area contributed by atoms with E-state index < -0.39 is 0 Å². The molecule has 2 aliphatic rings. The van der Waals surface area contributed by atoms with Gasteiger partial charge in [-0.2, -0.15) is 0 Å². The summed E-state index contributed by atoms with van der Waals surface area (Å²) in [5.41, 5.74) is 3.09. The van der Waals surface area contributed by atoms with Crippen LogP contribution < -0.4 is 10.6 Å². The van der Waals surface area contributed by atoms with E-state index in [1.807, 2.05) is 12.1 Å². The molecule has 0 saturated heterocycles. The van der Waals surface area contributed by atoms with E-state index in [-0.39, 0.29) is 12.4 Å². The molecule has 2 aromatic rings. The number of ether oxygens (including phenoxy) is 1. The number of rotatable bonds is 5. The third-order valence-electron chi connectivity index (χ3n) is 4.24. The first-order valence-corrected chi connectivity index (χ1v) is 9.26. The second-order valence-corrected chi connectivity index (χ2v) is 7.54. The van der Waals surface area contributed by atoms with Crippen LogP contribution >= 0.6 is 24.2 Å². The number of benzene rings is 1. The van der Waals surface area contributed by atoms with Crippen LogP contribution in [0.25, 0.3) is 22.0 Å². The Hall–Kier alpha value is -1.72. The van der Waals surface area contributed by atoms with Crippen LogP contribution in [0, 0.1) is 0 Å². The molecule has 1 aromatic carbocycles. The Bertz CT molecular complexity index is 1010. The highest BCUT2D eigenvalue weighted by molar-refractivity contribution is 8.11. The predicted molar refractivity (Wildman–Crippen MR) is 113 cm³/mol. The molecular weight excluding hydrogens is 366 g/mol. The van der Waals surface area contributed by atoms with E-state index >= 15 is 0 Å². The molecular formula is C21H22ClNO2S. The van der Waals surface area contributed by atoms with Crippen molar-refractivity contribution in [1.82, 2.24) is 4.90 Å². The Kier molecular flexibility index (Phi) is 6.09. The number of hydrogen-bond donors (Lipinski definition) is 0. The van der Waals surface area contributed by atoms with E-state index in [9.17, 15) is 0 Å². The van der Waals surface area contributed by atoms with Gasteiger partial charge in [-0.05, 0) is 37.9 Å². The molecule has 1 aliphatic heterocycles. The lowest BCUT2D eigenvalue weighted by Gasteiger charge is -2.16. The molecule has 0 spiro atoms. The van der Waals surface area contributed by atoms with Crippen LogP contribution in [0.3, 0.4) is 0 Å². The summed E-state index contributed by atoms with van der Waals surface area (Å²) >= 11 is 1.79. The SMILES string of the molecule is CN(C)CCOCC1=CC=C2C=CC=c3oc4ccccc4c3=C2S1.Cl. The summed E-state index contributed by atoms with van der Waals surface area (Å²) < 4.78 is 11.9. The maximum absolute atomic E-state index is 6.06. The maximum atomic E-state index is 6.06. The van der Waals surface area contributed by atoms with Gasteiger partial charge in [0.25, 0.3) is 0 Å². The Morgan fingerprint density at radius 1 is 1.12 bits per heavy atom. The fourth-order valence-electron chi connectivity index (χ4n) is 2.96. The quantitative estimate of drug-likeness (QED) is 0.734. The summed E-state index contributed by atoms with van der Waals surface area (Å²) in [5.74, 6) is 0. The van der Waals surface area contributed by atoms with E-state index in [1.165, 1.54) is 26.0 Å². The van der Waals surface area contributed by atoms with Crippen LogP contribution in [0.1, 0.15) is 0 Å². The lowest BCUT2D eigenvalue weighted by Crippen LogP contribution is -2.22. The molecule has 0 N–H and O–H groups in total. The molecule has 3 nitrogen and oxygen atoms in total. The fraction of sp³-hybridized carbons (Fsp3) is 0.238. The van der Waals surface area contributed by atoms with E-state index in [4.69, 9.17) is 9.15 Å². The van der Waals surface area contributed by atoms with E-state index in [1.54, 1.807) is 11.8 Å². The van der Waals surface area contributed by atoms with Crippen molar-refractivity contribution in [1.29, 1.82) is 0 Å². The second-order valence-electron chi connectivity index (χ2n) is 6.41. The van der Waals surface area contributed by atoms with Gasteiger partial charge in [0.2, 0.25) is 0 Å². The topological polar surface area (TPSA) is 25.6 Å². The first-order valence-electron chi connectivity index (χ1n) is 8.44. The van der Waals surface area contributed by atoms with Gasteiger partial charge in [0.1, 0.15) is 11.0 Å². The van der Waals surface area contributed by atoms with Crippen molar-refractivity contribution in [2.24, 2.45) is 0 Å². The van der Waals surface area contributed by atoms with Crippen molar-refractivity contribution in [3.8, 4) is 0 Å². The van der Waals surface area contributed by atoms with Crippen molar-refractivity contribution >= 4 is 46.1 Å². The highest BCUT2D eigenvalue weighted by Crippen LogP contribution is 2.37. The summed E-state index contributed by atoms with van der Waals surface area (Å²) in [4.78, 5) is 4.60. The molecule has 2 heterocycles. The monoisotopic (exact) mass is 387 g/mol. The van der Waals surface area contributed by atoms with Crippen molar-refractivity contribution in [3.05, 3.63) is 69.7 Å². The molecule has 26 heavy (non-hydrogen) atoms. The molecule has 0 radical (unpaired) electrons. The number of furan rings is 1. The van der Waals surface area contributed by atoms with Crippen LogP contribution in [0.5, 0.6) is 0 Å². The Balaban J connectivity index is 0.00000196. The van der Waals surface area contributed by atoms with Crippen molar-refractivity contribution in [2.45, 2.75) is 0 Å². The zero-order valence-corrected chi connectivity index (χ0v) is 16.5. The number of hydrogen-bond acceptors (Lipinski definition) is 4. The average molecular weight is 388 g/mol. The van der Waals surface area contributed by atoms with Crippen LogP contribution in [0.15, 0.2) is 63.5 Å². The number of para-hydroxylation sites is 1. The summed E-state index contributed by atoms with van der Waals surface area (Å²) in [6, 6.07) is 8.24. The van der Waals surface area contributed by atoms with Crippen molar-refractivity contribution in [3.63, 3.8) is 0 Å². The first kappa shape index (κ1) is 19.1. The summed E-state index contributed by atoms with van der Waals surface area (Å²) in [5, 5.41) is 2.36. The minimum atomic E-state index is 0. The van der Waals surface area contributed by atoms with Gasteiger partial charge in [-0.25, -0.2) is 0 Å². The zero-order chi connectivity index (χ0) is 17.2. The largest absolute Gasteiger partial charge is 0.456 e. The van der Waals surface area contributed by atoms with Gasteiger partial charge in [0.15, 0.2) is 0 Å². The second kappa shape index (κ2) is 8.31. The Labute approximate surface area is 163 Å². The Morgan fingerprint density at radius 3 is 2.81 bits per heavy atom. The van der Waals surface area contributed by atoms with E-state index in [0.29, 0.717) is 6.61 Å². The minimum absolute atomic E-state index is 0. The van der Waals surface area contributed by atoms with E-state index in [0.717, 1.165) is 24.2 Å². The van der Waals surface area contributed by atoms with Crippen LogP contribution in [-0.2, 0) is 4.74 Å². The van der Waals surface area contributed by atoms with Gasteiger partial charge in [0.05, 0.1) is 13.2 Å². The molecule has 5 heteroatoms. The normalized spacial score (nSPS) is 15.6. The number of thioether (sulfide) groups is 1. The molecule has 0 unspecified atom stereocenters. The molecule has 0 amide bonds. The minimum Gasteiger partial charge on any atom is -0.456 e. The molecule has 0 bridgehead atoms. The van der Waals surface area contributed by atoms with Crippen LogP contribution in [0.2, 0.25) is 0 Å². The molecule has 4 rings (SSSR count). The van der Waals surface area contributed by atoms with E-state index in [2.05, 4.69) is 61.5 Å². The molecule has 0 saturated carbocycles. The fourth-order valence-corrected chi connectivity index (χ4v) is 4.07. The molecule has 1 aromatic heterocycles. The third kappa shape index (κ3) is 3.84. The highest BCUT2D eigenvalue weighted by atomic mass is 35.5. The Morgan fingerprint density at radius 2 is 1.96 bits per heavy atom. The molecule has 136 valence electrons. The lowest BCUT2D eigenvalue weighted by molar-refractivity contribution is 0.140. The summed E-state index contributed by atoms with van der Waals surface area (Å²) in [7, 11) is 4.12. The summed E-state index contributed by atoms with van der Waals surface area (Å²) in [6.07, 6.45) is 10.6. The average Bonchev–Trinajstić information content (AvgIpc) is 2.88. The van der Waals surface area contributed by atoms with Crippen molar-refractivity contribution in [2.75, 3.05) is 33.9 Å². The number of nitrogens with zero attached hydrogens (tertiary/aromatic N) is 1. The number of likely N-dealkylation sites (N-methyl/N-ethyl adjacent to an activating group) is 1.